The van der Waals surface area contributed by atoms with Crippen LogP contribution in [0.2, 0.25) is 0 Å². The summed E-state index contributed by atoms with van der Waals surface area (Å²) in [6, 6.07) is 6.43. The van der Waals surface area contributed by atoms with Crippen molar-refractivity contribution < 1.29 is 13.9 Å². The molecule has 0 aliphatic carbocycles. The Bertz CT molecular complexity index is 831. The van der Waals surface area contributed by atoms with Gasteiger partial charge < -0.3 is 15.4 Å². The minimum absolute atomic E-state index is 0. The molecule has 1 atom stereocenters. The van der Waals surface area contributed by atoms with Gasteiger partial charge in [-0.2, -0.15) is 0 Å². The first-order valence-corrected chi connectivity index (χ1v) is 11.2. The van der Waals surface area contributed by atoms with Crippen molar-refractivity contribution in [3.05, 3.63) is 45.7 Å². The Hall–Kier alpha value is -1.40. The quantitative estimate of drug-likeness (QED) is 0.114. The molecule has 1 unspecified atom stereocenters. The second kappa shape index (κ2) is 13.8. The summed E-state index contributed by atoms with van der Waals surface area (Å²) in [4.78, 5) is 22.3. The number of benzene rings is 1. The van der Waals surface area contributed by atoms with Gasteiger partial charge in [0.15, 0.2) is 5.96 Å². The number of thioether (sulfide) groups is 1. The van der Waals surface area contributed by atoms with Gasteiger partial charge >= 0.3 is 5.97 Å². The highest BCUT2D eigenvalue weighted by atomic mass is 127. The highest BCUT2D eigenvalue weighted by Gasteiger charge is 2.20. The number of guanidine groups is 1. The molecule has 166 valence electrons. The number of aromatic nitrogens is 1. The summed E-state index contributed by atoms with van der Waals surface area (Å²) in [6.45, 7) is 6.67. The summed E-state index contributed by atoms with van der Waals surface area (Å²) in [6.07, 6.45) is 0.931. The summed E-state index contributed by atoms with van der Waals surface area (Å²) in [5.74, 6) is 1.04. The minimum atomic E-state index is -0.331. The summed E-state index contributed by atoms with van der Waals surface area (Å²) in [5.41, 5.74) is 0.679. The van der Waals surface area contributed by atoms with E-state index in [4.69, 9.17) is 4.74 Å². The van der Waals surface area contributed by atoms with Crippen molar-refractivity contribution in [2.45, 2.75) is 38.1 Å². The molecule has 0 saturated carbocycles. The van der Waals surface area contributed by atoms with Crippen LogP contribution in [-0.4, -0.2) is 42.9 Å². The van der Waals surface area contributed by atoms with Gasteiger partial charge in [0.1, 0.15) is 15.7 Å². The Morgan fingerprint density at radius 1 is 1.37 bits per heavy atom. The molecule has 0 aliphatic heterocycles. The summed E-state index contributed by atoms with van der Waals surface area (Å²) in [5, 5.41) is 7.38. The molecule has 2 N–H and O–H groups in total. The van der Waals surface area contributed by atoms with Gasteiger partial charge in [-0.25, -0.2) is 14.2 Å². The van der Waals surface area contributed by atoms with Gasteiger partial charge in [-0.15, -0.1) is 47.1 Å². The first kappa shape index (κ1) is 26.6. The van der Waals surface area contributed by atoms with E-state index < -0.39 is 0 Å². The third-order valence-corrected chi connectivity index (χ3v) is 6.34. The molecule has 0 spiro atoms. The van der Waals surface area contributed by atoms with Gasteiger partial charge in [-0.1, -0.05) is 0 Å². The molecule has 1 aromatic carbocycles. The molecular weight excluding hydrogens is 538 g/mol. The van der Waals surface area contributed by atoms with Crippen molar-refractivity contribution in [1.29, 1.82) is 0 Å². The molecule has 10 heteroatoms. The number of ether oxygens (including phenoxy) is 1. The summed E-state index contributed by atoms with van der Waals surface area (Å²) >= 11 is 3.03. The van der Waals surface area contributed by atoms with Crippen LogP contribution < -0.4 is 10.6 Å². The van der Waals surface area contributed by atoms with E-state index in [0.29, 0.717) is 23.1 Å². The lowest BCUT2D eigenvalue weighted by atomic mass is 10.3. The number of halogens is 2. The zero-order chi connectivity index (χ0) is 21.2. The fourth-order valence-electron chi connectivity index (χ4n) is 2.45. The van der Waals surface area contributed by atoms with Crippen molar-refractivity contribution in [3.63, 3.8) is 0 Å². The first-order valence-electron chi connectivity index (χ1n) is 9.44. The Balaban J connectivity index is 0.00000450. The predicted molar refractivity (Wildman–Crippen MR) is 133 cm³/mol. The largest absolute Gasteiger partial charge is 0.462 e. The highest BCUT2D eigenvalue weighted by molar-refractivity contribution is 14.0. The van der Waals surface area contributed by atoms with Crippen LogP contribution in [-0.2, 0) is 4.74 Å². The van der Waals surface area contributed by atoms with Crippen LogP contribution in [0.1, 0.15) is 46.7 Å². The maximum Gasteiger partial charge on any atom is 0.350 e. The van der Waals surface area contributed by atoms with Crippen LogP contribution in [0.4, 0.5) is 4.39 Å². The lowest BCUT2D eigenvalue weighted by Crippen LogP contribution is -2.39. The van der Waals surface area contributed by atoms with E-state index in [1.807, 2.05) is 13.8 Å². The van der Waals surface area contributed by atoms with Crippen molar-refractivity contribution >= 4 is 59.0 Å². The third-order valence-electron chi connectivity index (χ3n) is 3.92. The number of carbonyl (C=O) groups excluding carboxylic acids is 1. The molecule has 6 nitrogen and oxygen atoms in total. The van der Waals surface area contributed by atoms with E-state index in [0.717, 1.165) is 28.6 Å². The van der Waals surface area contributed by atoms with Crippen molar-refractivity contribution in [1.82, 2.24) is 15.6 Å². The lowest BCUT2D eigenvalue weighted by Gasteiger charge is -2.16. The summed E-state index contributed by atoms with van der Waals surface area (Å²) < 4.78 is 18.0. The maximum atomic E-state index is 12.9. The first-order chi connectivity index (χ1) is 13.9. The standard InChI is InChI=1S/C20H27FN4O2S2.HI/c1-5-27-19(26)17-13(2)24-18(29-17)14(3)25-20(22-4)23-11-6-12-28-16-9-7-15(21)8-10-16;/h7-10,14H,5-6,11-12H2,1-4H3,(H2,22,23,25);1H. The molecule has 0 aliphatic rings. The number of nitrogens with one attached hydrogen (secondary N) is 2. The van der Waals surface area contributed by atoms with Crippen molar-refractivity contribution in [3.8, 4) is 0 Å². The van der Waals surface area contributed by atoms with Gasteiger partial charge in [-0.3, -0.25) is 4.99 Å². The number of carbonyl (C=O) groups is 1. The molecule has 2 aromatic rings. The zero-order valence-corrected chi connectivity index (χ0v) is 21.5. The van der Waals surface area contributed by atoms with Crippen LogP contribution in [0.5, 0.6) is 0 Å². The Kier molecular flexibility index (Phi) is 12.3. The van der Waals surface area contributed by atoms with E-state index in [2.05, 4.69) is 20.6 Å². The summed E-state index contributed by atoms with van der Waals surface area (Å²) in [7, 11) is 1.71. The monoisotopic (exact) mass is 566 g/mol. The Morgan fingerprint density at radius 2 is 2.07 bits per heavy atom. The maximum absolute atomic E-state index is 12.9. The highest BCUT2D eigenvalue weighted by Crippen LogP contribution is 2.24. The molecule has 1 aromatic heterocycles. The second-order valence-electron chi connectivity index (χ2n) is 6.21. The fraction of sp³-hybridized carbons (Fsp3) is 0.450. The molecule has 30 heavy (non-hydrogen) atoms. The molecule has 2 rings (SSSR count). The number of nitrogens with zero attached hydrogens (tertiary/aromatic N) is 2. The minimum Gasteiger partial charge on any atom is -0.462 e. The smallest absolute Gasteiger partial charge is 0.350 e. The van der Waals surface area contributed by atoms with Gasteiger partial charge in [-0.05, 0) is 57.2 Å². The van der Waals surface area contributed by atoms with Gasteiger partial charge in [0.2, 0.25) is 0 Å². The number of esters is 1. The second-order valence-corrected chi connectivity index (χ2v) is 8.41. The lowest BCUT2D eigenvalue weighted by molar-refractivity contribution is 0.0531. The Labute approximate surface area is 202 Å². The fourth-order valence-corrected chi connectivity index (χ4v) is 4.27. The topological polar surface area (TPSA) is 75.6 Å². The average Bonchev–Trinajstić information content (AvgIpc) is 3.10. The SMILES string of the molecule is CCOC(=O)c1sc(C(C)NC(=NC)NCCCSc2ccc(F)cc2)nc1C.I. The number of aliphatic imine (C=N–C) groups is 1. The van der Waals surface area contributed by atoms with E-state index in [9.17, 15) is 9.18 Å². The molecule has 1 heterocycles. The van der Waals surface area contributed by atoms with Crippen LogP contribution in [0.15, 0.2) is 34.2 Å². The number of hydrogen-bond donors (Lipinski definition) is 2. The molecule has 0 bridgehead atoms. The molecule has 0 saturated heterocycles. The number of thiazole rings is 1. The molecule has 0 amide bonds. The van der Waals surface area contributed by atoms with E-state index in [1.54, 1.807) is 37.9 Å². The van der Waals surface area contributed by atoms with Crippen LogP contribution in [0, 0.1) is 12.7 Å². The van der Waals surface area contributed by atoms with Gasteiger partial charge in [0.25, 0.3) is 0 Å². The van der Waals surface area contributed by atoms with Crippen LogP contribution >= 0.6 is 47.1 Å². The van der Waals surface area contributed by atoms with E-state index in [1.165, 1.54) is 23.5 Å². The third kappa shape index (κ3) is 8.38. The van der Waals surface area contributed by atoms with Crippen LogP contribution in [0.3, 0.4) is 0 Å². The van der Waals surface area contributed by atoms with Gasteiger partial charge in [0, 0.05) is 18.5 Å². The molecular formula is C20H28FIN4O2S2. The predicted octanol–water partition coefficient (Wildman–Crippen LogP) is 4.79. The van der Waals surface area contributed by atoms with Gasteiger partial charge in [0.05, 0.1) is 18.3 Å². The number of rotatable bonds is 9. The van der Waals surface area contributed by atoms with E-state index >= 15 is 0 Å². The number of hydrogen-bond acceptors (Lipinski definition) is 6. The van der Waals surface area contributed by atoms with Crippen molar-refractivity contribution in [2.24, 2.45) is 4.99 Å². The zero-order valence-electron chi connectivity index (χ0n) is 17.5. The molecule has 0 radical (unpaired) electrons. The molecule has 0 fully saturated rings. The Morgan fingerprint density at radius 3 is 2.70 bits per heavy atom. The normalized spacial score (nSPS) is 12.1. The van der Waals surface area contributed by atoms with E-state index in [-0.39, 0.29) is 41.8 Å². The van der Waals surface area contributed by atoms with Crippen molar-refractivity contribution in [2.75, 3.05) is 26.0 Å². The van der Waals surface area contributed by atoms with Crippen LogP contribution in [0.25, 0.3) is 0 Å². The number of aryl methyl sites for hydroxylation is 1. The average molecular weight is 567 g/mol.